The first kappa shape index (κ1) is 18.6. The van der Waals surface area contributed by atoms with Gasteiger partial charge in [-0.15, -0.1) is 0 Å². The van der Waals surface area contributed by atoms with Crippen molar-refractivity contribution >= 4 is 21.7 Å². The fraction of sp³-hybridized carbons (Fsp3) is 0.625. The van der Waals surface area contributed by atoms with Gasteiger partial charge in [0, 0.05) is 25.7 Å². The Bertz CT molecular complexity index is 858. The van der Waals surface area contributed by atoms with Crippen LogP contribution in [0.1, 0.15) is 30.8 Å². The number of aromatic nitrogens is 2. The molecule has 0 spiro atoms. The lowest BCUT2D eigenvalue weighted by Gasteiger charge is -2.44. The second-order valence-electron chi connectivity index (χ2n) is 7.19. The van der Waals surface area contributed by atoms with Gasteiger partial charge in [0.05, 0.1) is 29.8 Å². The summed E-state index contributed by atoms with van der Waals surface area (Å²) in [5.41, 5.74) is -0.374. The lowest BCUT2D eigenvalue weighted by molar-refractivity contribution is -0.137. The summed E-state index contributed by atoms with van der Waals surface area (Å²) in [5, 5.41) is 0. The Labute approximate surface area is 151 Å². The van der Waals surface area contributed by atoms with E-state index in [4.69, 9.17) is 0 Å². The van der Waals surface area contributed by atoms with Gasteiger partial charge in [0.25, 0.3) is 11.5 Å². The number of rotatable bonds is 3. The maximum atomic E-state index is 12.8. The van der Waals surface area contributed by atoms with Gasteiger partial charge in [0.15, 0.2) is 9.84 Å². The number of hydrogen-bond acceptors (Lipinski definition) is 6. The molecule has 26 heavy (non-hydrogen) atoms. The average Bonchev–Trinajstić information content (AvgIpc) is 2.88. The number of amides is 2. The summed E-state index contributed by atoms with van der Waals surface area (Å²) in [6.07, 6.45) is 2.58. The van der Waals surface area contributed by atoms with Gasteiger partial charge in [0.1, 0.15) is 5.69 Å². The van der Waals surface area contributed by atoms with Crippen molar-refractivity contribution < 1.29 is 18.0 Å². The van der Waals surface area contributed by atoms with E-state index in [2.05, 4.69) is 9.97 Å². The Kier molecular flexibility index (Phi) is 4.87. The molecule has 1 aromatic rings. The first-order valence-corrected chi connectivity index (χ1v) is 10.4. The Morgan fingerprint density at radius 3 is 2.42 bits per heavy atom. The Hall–Kier alpha value is -2.23. The minimum atomic E-state index is -3.35. The summed E-state index contributed by atoms with van der Waals surface area (Å²) in [5.74, 6) is -0.655. The second kappa shape index (κ2) is 6.82. The quantitative estimate of drug-likeness (QED) is 0.735. The average molecular weight is 382 g/mol. The molecule has 2 aliphatic rings. The molecule has 2 atom stereocenters. The van der Waals surface area contributed by atoms with Crippen molar-refractivity contribution in [3.63, 3.8) is 0 Å². The molecule has 1 N–H and O–H groups in total. The highest BCUT2D eigenvalue weighted by molar-refractivity contribution is 7.91. The third kappa shape index (κ3) is 3.64. The second-order valence-corrected chi connectivity index (χ2v) is 9.35. The van der Waals surface area contributed by atoms with Crippen LogP contribution in [0.25, 0.3) is 0 Å². The normalized spacial score (nSPS) is 24.6. The number of hydrogen-bond donors (Lipinski definition) is 1. The number of piperazine rings is 1. The third-order valence-electron chi connectivity index (χ3n) is 4.73. The van der Waals surface area contributed by atoms with Gasteiger partial charge in [-0.25, -0.2) is 13.4 Å². The van der Waals surface area contributed by atoms with Gasteiger partial charge in [-0.05, 0) is 5.92 Å². The van der Waals surface area contributed by atoms with Gasteiger partial charge in [-0.2, -0.15) is 0 Å². The molecule has 0 aliphatic carbocycles. The van der Waals surface area contributed by atoms with Crippen LogP contribution in [0.2, 0.25) is 0 Å². The smallest absolute Gasteiger partial charge is 0.274 e. The zero-order chi connectivity index (χ0) is 19.1. The molecule has 0 aromatic carbocycles. The summed E-state index contributed by atoms with van der Waals surface area (Å²) < 4.78 is 24.4. The lowest BCUT2D eigenvalue weighted by Crippen LogP contribution is -2.62. The number of H-pyrrole nitrogens is 1. The zero-order valence-electron chi connectivity index (χ0n) is 14.7. The van der Waals surface area contributed by atoms with E-state index in [1.165, 1.54) is 11.1 Å². The molecule has 1 aromatic heterocycles. The van der Waals surface area contributed by atoms with E-state index in [1.54, 1.807) is 4.90 Å². The molecule has 2 aliphatic heterocycles. The third-order valence-corrected chi connectivity index (χ3v) is 6.43. The number of aromatic amines is 1. The fourth-order valence-electron chi connectivity index (χ4n) is 3.59. The lowest BCUT2D eigenvalue weighted by atomic mass is 10.0. The van der Waals surface area contributed by atoms with Crippen LogP contribution >= 0.6 is 0 Å². The molecule has 2 fully saturated rings. The summed E-state index contributed by atoms with van der Waals surface area (Å²) in [6.45, 7) is 4.39. The van der Waals surface area contributed by atoms with Gasteiger partial charge in [-0.1, -0.05) is 13.8 Å². The molecule has 142 valence electrons. The molecule has 10 heteroatoms. The first-order chi connectivity index (χ1) is 12.2. The highest BCUT2D eigenvalue weighted by Gasteiger charge is 2.49. The number of nitrogens with one attached hydrogen (secondary N) is 1. The van der Waals surface area contributed by atoms with Crippen LogP contribution in [0.5, 0.6) is 0 Å². The van der Waals surface area contributed by atoms with Crippen molar-refractivity contribution in [3.8, 4) is 0 Å². The molecule has 0 radical (unpaired) electrons. The SMILES string of the molecule is CC(C)CC(=O)N1CCN(C(=O)c2c[nH]c(=O)cn2)[C@H]2CS(=O)(=O)C[C@H]21. The minimum Gasteiger partial charge on any atom is -0.335 e. The molecule has 0 saturated carbocycles. The van der Waals surface area contributed by atoms with Crippen LogP contribution in [-0.4, -0.2) is 76.7 Å². The Morgan fingerprint density at radius 2 is 1.85 bits per heavy atom. The summed E-state index contributed by atoms with van der Waals surface area (Å²) in [6, 6.07) is -1.13. The standard InChI is InChI=1S/C16H22N4O5S/c1-10(2)5-15(22)19-3-4-20(13-9-26(24,25)8-12(13)19)16(23)11-6-18-14(21)7-17-11/h6-7,10,12-13H,3-5,8-9H2,1-2H3,(H,18,21)/t12-,13+/m1/s1. The fourth-order valence-corrected chi connectivity index (χ4v) is 5.57. The van der Waals surface area contributed by atoms with Gasteiger partial charge < -0.3 is 14.8 Å². The largest absolute Gasteiger partial charge is 0.335 e. The van der Waals surface area contributed by atoms with E-state index in [9.17, 15) is 22.8 Å². The van der Waals surface area contributed by atoms with Crippen LogP contribution in [0.15, 0.2) is 17.2 Å². The number of sulfone groups is 1. The Balaban J connectivity index is 1.87. The van der Waals surface area contributed by atoms with Crippen molar-refractivity contribution in [2.45, 2.75) is 32.4 Å². The van der Waals surface area contributed by atoms with Gasteiger partial charge in [-0.3, -0.25) is 14.4 Å². The molecule has 3 heterocycles. The number of nitrogens with zero attached hydrogens (tertiary/aromatic N) is 3. The maximum absolute atomic E-state index is 12.8. The van der Waals surface area contributed by atoms with Gasteiger partial charge in [0.2, 0.25) is 5.91 Å². The molecule has 2 amide bonds. The molecular formula is C16H22N4O5S. The molecule has 0 bridgehead atoms. The summed E-state index contributed by atoms with van der Waals surface area (Å²) >= 11 is 0. The van der Waals surface area contributed by atoms with Crippen LogP contribution < -0.4 is 5.56 Å². The molecule has 3 rings (SSSR count). The minimum absolute atomic E-state index is 0.0506. The van der Waals surface area contributed by atoms with E-state index in [-0.39, 0.29) is 42.1 Å². The molecule has 0 unspecified atom stereocenters. The van der Waals surface area contributed by atoms with E-state index in [0.717, 1.165) is 6.20 Å². The van der Waals surface area contributed by atoms with Crippen molar-refractivity contribution in [2.24, 2.45) is 5.92 Å². The van der Waals surface area contributed by atoms with E-state index in [0.29, 0.717) is 6.42 Å². The van der Waals surface area contributed by atoms with E-state index >= 15 is 0 Å². The zero-order valence-corrected chi connectivity index (χ0v) is 15.5. The molecule has 9 nitrogen and oxygen atoms in total. The summed E-state index contributed by atoms with van der Waals surface area (Å²) in [7, 11) is -3.35. The number of fused-ring (bicyclic) bond motifs is 1. The highest BCUT2D eigenvalue weighted by atomic mass is 32.2. The van der Waals surface area contributed by atoms with Crippen LogP contribution in [0, 0.1) is 5.92 Å². The predicted molar refractivity (Wildman–Crippen MR) is 93.3 cm³/mol. The van der Waals surface area contributed by atoms with Crippen molar-refractivity contribution in [3.05, 3.63) is 28.4 Å². The van der Waals surface area contributed by atoms with Crippen LogP contribution in [0.3, 0.4) is 0 Å². The number of carbonyl (C=O) groups is 2. The summed E-state index contributed by atoms with van der Waals surface area (Å²) in [4.78, 5) is 45.7. The van der Waals surface area contributed by atoms with Gasteiger partial charge >= 0.3 is 0 Å². The topological polar surface area (TPSA) is 121 Å². The highest BCUT2D eigenvalue weighted by Crippen LogP contribution is 2.28. The number of carbonyl (C=O) groups excluding carboxylic acids is 2. The van der Waals surface area contributed by atoms with Crippen molar-refractivity contribution in [2.75, 3.05) is 24.6 Å². The van der Waals surface area contributed by atoms with Crippen LogP contribution in [-0.2, 0) is 14.6 Å². The van der Waals surface area contributed by atoms with Crippen molar-refractivity contribution in [1.29, 1.82) is 0 Å². The van der Waals surface area contributed by atoms with E-state index < -0.39 is 33.4 Å². The predicted octanol–water partition coefficient (Wildman–Crippen LogP) is -0.734. The first-order valence-electron chi connectivity index (χ1n) is 8.53. The maximum Gasteiger partial charge on any atom is 0.274 e. The molecular weight excluding hydrogens is 360 g/mol. The van der Waals surface area contributed by atoms with Crippen LogP contribution in [0.4, 0.5) is 0 Å². The van der Waals surface area contributed by atoms with Crippen molar-refractivity contribution in [1.82, 2.24) is 19.8 Å². The molecule has 2 saturated heterocycles. The monoisotopic (exact) mass is 382 g/mol. The Morgan fingerprint density at radius 1 is 1.23 bits per heavy atom. The van der Waals surface area contributed by atoms with E-state index in [1.807, 2.05) is 13.8 Å².